The van der Waals surface area contributed by atoms with Crippen molar-refractivity contribution in [2.24, 2.45) is 0 Å². The van der Waals surface area contributed by atoms with Crippen LogP contribution in [-0.4, -0.2) is 0 Å². The molecule has 2 aromatic rings. The second-order valence-electron chi connectivity index (χ2n) is 3.77. The Morgan fingerprint density at radius 1 is 1.11 bits per heavy atom. The third-order valence-corrected chi connectivity index (χ3v) is 3.20. The molecule has 5 heteroatoms. The van der Waals surface area contributed by atoms with Crippen LogP contribution in [0.3, 0.4) is 0 Å². The minimum absolute atomic E-state index is 0.203. The maximum Gasteiger partial charge on any atom is 0.154 e. The molecule has 94 valence electrons. The van der Waals surface area contributed by atoms with Crippen molar-refractivity contribution in [2.45, 2.75) is 6.92 Å². The lowest BCUT2D eigenvalue weighted by Gasteiger charge is -2.13. The van der Waals surface area contributed by atoms with Gasteiger partial charge in [0.25, 0.3) is 0 Å². The molecule has 18 heavy (non-hydrogen) atoms. The van der Waals surface area contributed by atoms with Crippen molar-refractivity contribution in [2.75, 3.05) is 5.73 Å². The lowest BCUT2D eigenvalue weighted by atomic mass is 10.2. The summed E-state index contributed by atoms with van der Waals surface area (Å²) in [6.07, 6.45) is 0. The zero-order chi connectivity index (χ0) is 13.3. The Labute approximate surface area is 114 Å². The zero-order valence-electron chi connectivity index (χ0n) is 9.51. The van der Waals surface area contributed by atoms with Gasteiger partial charge in [-0.3, -0.25) is 0 Å². The van der Waals surface area contributed by atoms with Gasteiger partial charge < -0.3 is 10.5 Å². The molecule has 0 bridgehead atoms. The highest BCUT2D eigenvalue weighted by molar-refractivity contribution is 6.32. The molecule has 0 atom stereocenters. The van der Waals surface area contributed by atoms with E-state index in [1.807, 2.05) is 0 Å². The predicted molar refractivity (Wildman–Crippen MR) is 72.1 cm³/mol. The number of benzene rings is 2. The molecular formula is C13H10Cl2FNO. The number of nitrogen functional groups attached to an aromatic ring is 1. The minimum Gasteiger partial charge on any atom is -0.453 e. The molecule has 2 rings (SSSR count). The highest BCUT2D eigenvalue weighted by Crippen LogP contribution is 2.37. The van der Waals surface area contributed by atoms with Crippen LogP contribution in [0.1, 0.15) is 5.56 Å². The quantitative estimate of drug-likeness (QED) is 0.803. The van der Waals surface area contributed by atoms with Crippen molar-refractivity contribution in [3.8, 4) is 11.5 Å². The number of hydrogen-bond acceptors (Lipinski definition) is 2. The van der Waals surface area contributed by atoms with Crippen LogP contribution in [0.2, 0.25) is 10.0 Å². The number of ether oxygens (including phenoxy) is 1. The third kappa shape index (κ3) is 2.52. The van der Waals surface area contributed by atoms with Gasteiger partial charge in [0.2, 0.25) is 0 Å². The fourth-order valence-corrected chi connectivity index (χ4v) is 1.79. The van der Waals surface area contributed by atoms with Crippen LogP contribution in [0, 0.1) is 12.7 Å². The normalized spacial score (nSPS) is 10.4. The summed E-state index contributed by atoms with van der Waals surface area (Å²) in [7, 11) is 0. The van der Waals surface area contributed by atoms with Crippen molar-refractivity contribution in [3.63, 3.8) is 0 Å². The summed E-state index contributed by atoms with van der Waals surface area (Å²) in [6, 6.07) is 7.16. The Kier molecular flexibility index (Phi) is 3.64. The van der Waals surface area contributed by atoms with Crippen molar-refractivity contribution in [1.29, 1.82) is 0 Å². The van der Waals surface area contributed by atoms with Crippen LogP contribution >= 0.6 is 23.2 Å². The van der Waals surface area contributed by atoms with Crippen LogP contribution in [0.15, 0.2) is 30.3 Å². The fourth-order valence-electron chi connectivity index (χ4n) is 1.49. The second-order valence-corrected chi connectivity index (χ2v) is 4.58. The molecule has 0 spiro atoms. The molecule has 0 aliphatic carbocycles. The van der Waals surface area contributed by atoms with E-state index < -0.39 is 5.82 Å². The first-order valence-corrected chi connectivity index (χ1v) is 5.92. The Morgan fingerprint density at radius 3 is 2.50 bits per heavy atom. The number of halogens is 3. The highest BCUT2D eigenvalue weighted by atomic mass is 35.5. The van der Waals surface area contributed by atoms with E-state index >= 15 is 0 Å². The van der Waals surface area contributed by atoms with Gasteiger partial charge in [-0.1, -0.05) is 23.2 Å². The van der Waals surface area contributed by atoms with Crippen molar-refractivity contribution in [3.05, 3.63) is 51.8 Å². The minimum atomic E-state index is -0.437. The highest BCUT2D eigenvalue weighted by Gasteiger charge is 2.12. The van der Waals surface area contributed by atoms with Crippen LogP contribution < -0.4 is 10.5 Å². The van der Waals surface area contributed by atoms with E-state index in [1.54, 1.807) is 19.1 Å². The summed E-state index contributed by atoms with van der Waals surface area (Å²) < 4.78 is 18.7. The molecule has 0 aliphatic heterocycles. The van der Waals surface area contributed by atoms with Gasteiger partial charge in [-0.15, -0.1) is 0 Å². The smallest absolute Gasteiger partial charge is 0.154 e. The number of anilines is 1. The van der Waals surface area contributed by atoms with E-state index in [1.165, 1.54) is 18.2 Å². The molecule has 0 heterocycles. The van der Waals surface area contributed by atoms with Gasteiger partial charge >= 0.3 is 0 Å². The summed E-state index contributed by atoms with van der Waals surface area (Å²) >= 11 is 11.9. The molecule has 0 aliphatic rings. The van der Waals surface area contributed by atoms with Gasteiger partial charge in [0.15, 0.2) is 5.75 Å². The van der Waals surface area contributed by atoms with Gasteiger partial charge in [0, 0.05) is 16.7 Å². The SMILES string of the molecule is Cc1c(Cl)ccc(N)c1Oc1cc(F)ccc1Cl. The summed E-state index contributed by atoms with van der Waals surface area (Å²) in [5.74, 6) is 0.149. The molecule has 0 fully saturated rings. The predicted octanol–water partition coefficient (Wildman–Crippen LogP) is 4.82. The topological polar surface area (TPSA) is 35.2 Å². The summed E-state index contributed by atoms with van der Waals surface area (Å²) in [6.45, 7) is 1.77. The first-order chi connectivity index (χ1) is 8.49. The van der Waals surface area contributed by atoms with E-state index in [2.05, 4.69) is 0 Å². The van der Waals surface area contributed by atoms with E-state index in [-0.39, 0.29) is 5.75 Å². The van der Waals surface area contributed by atoms with Crippen LogP contribution in [0.5, 0.6) is 11.5 Å². The lowest BCUT2D eigenvalue weighted by Crippen LogP contribution is -1.96. The van der Waals surface area contributed by atoms with E-state index in [0.717, 1.165) is 0 Å². The standard InChI is InChI=1S/C13H10Cl2FNO/c1-7-9(14)4-5-11(17)13(7)18-12-6-8(16)2-3-10(12)15/h2-6H,17H2,1H3. The molecule has 0 saturated carbocycles. The largest absolute Gasteiger partial charge is 0.453 e. The van der Waals surface area contributed by atoms with Gasteiger partial charge in [-0.05, 0) is 31.2 Å². The average molecular weight is 286 g/mol. The van der Waals surface area contributed by atoms with E-state index in [0.29, 0.717) is 27.0 Å². The lowest BCUT2D eigenvalue weighted by molar-refractivity contribution is 0.476. The summed E-state index contributed by atoms with van der Waals surface area (Å²) in [5, 5.41) is 0.821. The van der Waals surface area contributed by atoms with Crippen LogP contribution in [0.25, 0.3) is 0 Å². The molecule has 0 amide bonds. The van der Waals surface area contributed by atoms with Gasteiger partial charge in [-0.25, -0.2) is 4.39 Å². The van der Waals surface area contributed by atoms with Gasteiger partial charge in [-0.2, -0.15) is 0 Å². The number of nitrogens with two attached hydrogens (primary N) is 1. The summed E-state index contributed by atoms with van der Waals surface area (Å²) in [5.41, 5.74) is 6.90. The average Bonchev–Trinajstić information content (AvgIpc) is 2.34. The fraction of sp³-hybridized carbons (Fsp3) is 0.0769. The third-order valence-electron chi connectivity index (χ3n) is 2.48. The number of rotatable bonds is 2. The summed E-state index contributed by atoms with van der Waals surface area (Å²) in [4.78, 5) is 0. The molecule has 0 saturated heterocycles. The van der Waals surface area contributed by atoms with Crippen molar-refractivity contribution >= 4 is 28.9 Å². The van der Waals surface area contributed by atoms with E-state index in [9.17, 15) is 4.39 Å². The van der Waals surface area contributed by atoms with Gasteiger partial charge in [0.1, 0.15) is 11.6 Å². The Balaban J connectivity index is 2.46. The Hall–Kier alpha value is -1.45. The zero-order valence-corrected chi connectivity index (χ0v) is 11.0. The van der Waals surface area contributed by atoms with E-state index in [4.69, 9.17) is 33.7 Å². The first-order valence-electron chi connectivity index (χ1n) is 5.16. The molecule has 2 nitrogen and oxygen atoms in total. The van der Waals surface area contributed by atoms with Crippen molar-refractivity contribution in [1.82, 2.24) is 0 Å². The maximum absolute atomic E-state index is 13.1. The van der Waals surface area contributed by atoms with Crippen molar-refractivity contribution < 1.29 is 9.13 Å². The van der Waals surface area contributed by atoms with Crippen LogP contribution in [-0.2, 0) is 0 Å². The van der Waals surface area contributed by atoms with Gasteiger partial charge in [0.05, 0.1) is 10.7 Å². The monoisotopic (exact) mass is 285 g/mol. The molecule has 0 unspecified atom stereocenters. The molecule has 0 aromatic heterocycles. The molecule has 0 radical (unpaired) electrons. The molecule has 2 aromatic carbocycles. The second kappa shape index (κ2) is 5.04. The maximum atomic E-state index is 13.1. The number of hydrogen-bond donors (Lipinski definition) is 1. The van der Waals surface area contributed by atoms with Crippen LogP contribution in [0.4, 0.5) is 10.1 Å². The molecular weight excluding hydrogens is 276 g/mol. The Bertz CT molecular complexity index is 602. The molecule has 2 N–H and O–H groups in total. The first kappa shape index (κ1) is 13.0. The Morgan fingerprint density at radius 2 is 1.78 bits per heavy atom.